The molecule has 0 atom stereocenters. The van der Waals surface area contributed by atoms with E-state index in [0.717, 1.165) is 0 Å². The number of anilines is 1. The van der Waals surface area contributed by atoms with Gasteiger partial charge >= 0.3 is 0 Å². The van der Waals surface area contributed by atoms with Gasteiger partial charge in [-0.15, -0.1) is 0 Å². The Kier molecular flexibility index (Phi) is 4.02. The lowest BCUT2D eigenvalue weighted by molar-refractivity contribution is 0.102. The minimum absolute atomic E-state index is 0.126. The maximum atomic E-state index is 13.4. The zero-order chi connectivity index (χ0) is 14.0. The molecule has 0 saturated heterocycles. The molecule has 0 saturated carbocycles. The Morgan fingerprint density at radius 1 is 1.05 bits per heavy atom. The van der Waals surface area contributed by atoms with Gasteiger partial charge in [-0.05, 0) is 24.3 Å². The van der Waals surface area contributed by atoms with E-state index in [1.165, 1.54) is 36.4 Å². The van der Waals surface area contributed by atoms with E-state index in [0.29, 0.717) is 0 Å². The summed E-state index contributed by atoms with van der Waals surface area (Å²) in [5, 5.41) is 1.94. The van der Waals surface area contributed by atoms with Crippen LogP contribution < -0.4 is 5.32 Å². The molecule has 98 valence electrons. The zero-order valence-corrected chi connectivity index (χ0v) is 10.9. The third-order valence-electron chi connectivity index (χ3n) is 2.36. The Hall–Kier alpha value is -1.65. The summed E-state index contributed by atoms with van der Waals surface area (Å²) < 4.78 is 26.6. The fraction of sp³-hybridized carbons (Fsp3) is 0. The molecular formula is C13H7Cl2F2NO. The average Bonchev–Trinajstić information content (AvgIpc) is 2.36. The fourth-order valence-corrected chi connectivity index (χ4v) is 1.96. The number of hydrogen-bond acceptors (Lipinski definition) is 1. The predicted octanol–water partition coefficient (Wildman–Crippen LogP) is 4.52. The van der Waals surface area contributed by atoms with Crippen LogP contribution in [0.4, 0.5) is 14.5 Å². The molecule has 0 spiro atoms. The van der Waals surface area contributed by atoms with Crippen LogP contribution >= 0.6 is 23.2 Å². The standard InChI is InChI=1S/C13H7Cl2F2NO/c14-9-5-7(6-10(15)12(9)17)18-13(19)8-3-1-2-4-11(8)16/h1-6H,(H,18,19). The number of nitrogens with one attached hydrogen (secondary N) is 1. The van der Waals surface area contributed by atoms with Crippen molar-refractivity contribution in [1.29, 1.82) is 0 Å². The molecule has 0 fully saturated rings. The lowest BCUT2D eigenvalue weighted by Gasteiger charge is -2.07. The summed E-state index contributed by atoms with van der Waals surface area (Å²) in [6.07, 6.45) is 0. The first-order valence-electron chi connectivity index (χ1n) is 5.19. The molecule has 19 heavy (non-hydrogen) atoms. The number of halogens is 4. The molecule has 0 heterocycles. The Bertz CT molecular complexity index is 623. The molecule has 0 radical (unpaired) electrons. The van der Waals surface area contributed by atoms with Gasteiger partial charge in [0.25, 0.3) is 5.91 Å². The second-order valence-electron chi connectivity index (χ2n) is 3.69. The monoisotopic (exact) mass is 301 g/mol. The number of rotatable bonds is 2. The number of carbonyl (C=O) groups is 1. The molecule has 0 aliphatic rings. The van der Waals surface area contributed by atoms with Crippen LogP contribution in [0.3, 0.4) is 0 Å². The van der Waals surface area contributed by atoms with Gasteiger partial charge in [0, 0.05) is 5.69 Å². The molecule has 2 rings (SSSR count). The summed E-state index contributed by atoms with van der Waals surface area (Å²) in [6.45, 7) is 0. The third-order valence-corrected chi connectivity index (χ3v) is 2.91. The van der Waals surface area contributed by atoms with Crippen LogP contribution in [0, 0.1) is 11.6 Å². The molecular weight excluding hydrogens is 295 g/mol. The Morgan fingerprint density at radius 2 is 1.63 bits per heavy atom. The lowest BCUT2D eigenvalue weighted by Crippen LogP contribution is -2.13. The van der Waals surface area contributed by atoms with Gasteiger partial charge in [0.05, 0.1) is 15.6 Å². The van der Waals surface area contributed by atoms with Gasteiger partial charge in [-0.1, -0.05) is 35.3 Å². The van der Waals surface area contributed by atoms with Gasteiger partial charge in [0.2, 0.25) is 0 Å². The minimum Gasteiger partial charge on any atom is -0.322 e. The van der Waals surface area contributed by atoms with E-state index in [-0.39, 0.29) is 21.3 Å². The first kappa shape index (κ1) is 13.8. The molecule has 2 aromatic rings. The highest BCUT2D eigenvalue weighted by Crippen LogP contribution is 2.27. The van der Waals surface area contributed by atoms with Crippen molar-refractivity contribution in [2.24, 2.45) is 0 Å². The molecule has 1 N–H and O–H groups in total. The van der Waals surface area contributed by atoms with Crippen molar-refractivity contribution >= 4 is 34.8 Å². The van der Waals surface area contributed by atoms with Gasteiger partial charge in [-0.2, -0.15) is 0 Å². The highest BCUT2D eigenvalue weighted by Gasteiger charge is 2.13. The van der Waals surface area contributed by atoms with Crippen LogP contribution in [0.2, 0.25) is 10.0 Å². The van der Waals surface area contributed by atoms with E-state index >= 15 is 0 Å². The van der Waals surface area contributed by atoms with Crippen LogP contribution in [0.15, 0.2) is 36.4 Å². The van der Waals surface area contributed by atoms with Crippen molar-refractivity contribution in [3.8, 4) is 0 Å². The van der Waals surface area contributed by atoms with Crippen LogP contribution in [0.1, 0.15) is 10.4 Å². The Morgan fingerprint density at radius 3 is 2.21 bits per heavy atom. The van der Waals surface area contributed by atoms with Crippen LogP contribution in [-0.2, 0) is 0 Å². The topological polar surface area (TPSA) is 29.1 Å². The van der Waals surface area contributed by atoms with Crippen molar-refractivity contribution in [2.75, 3.05) is 5.32 Å². The Labute approximate surface area is 118 Å². The zero-order valence-electron chi connectivity index (χ0n) is 9.38. The van der Waals surface area contributed by atoms with Gasteiger partial charge in [-0.25, -0.2) is 8.78 Å². The summed E-state index contributed by atoms with van der Waals surface area (Å²) in [7, 11) is 0. The first-order chi connectivity index (χ1) is 8.99. The van der Waals surface area contributed by atoms with Gasteiger partial charge < -0.3 is 5.32 Å². The molecule has 0 aliphatic heterocycles. The van der Waals surface area contributed by atoms with E-state index in [1.54, 1.807) is 0 Å². The summed E-state index contributed by atoms with van der Waals surface area (Å²) >= 11 is 11.2. The SMILES string of the molecule is O=C(Nc1cc(Cl)c(F)c(Cl)c1)c1ccccc1F. The summed E-state index contributed by atoms with van der Waals surface area (Å²) in [5.74, 6) is -2.09. The summed E-state index contributed by atoms with van der Waals surface area (Å²) in [4.78, 5) is 11.8. The molecule has 0 bridgehead atoms. The number of carbonyl (C=O) groups excluding carboxylic acids is 1. The van der Waals surface area contributed by atoms with Crippen molar-refractivity contribution in [1.82, 2.24) is 0 Å². The van der Waals surface area contributed by atoms with E-state index < -0.39 is 17.5 Å². The maximum absolute atomic E-state index is 13.4. The van der Waals surface area contributed by atoms with Crippen LogP contribution in [0.25, 0.3) is 0 Å². The highest BCUT2D eigenvalue weighted by molar-refractivity contribution is 6.35. The molecule has 0 unspecified atom stereocenters. The fourth-order valence-electron chi connectivity index (χ4n) is 1.47. The van der Waals surface area contributed by atoms with Crippen molar-refractivity contribution in [3.05, 3.63) is 63.6 Å². The van der Waals surface area contributed by atoms with E-state index in [2.05, 4.69) is 5.32 Å². The quantitative estimate of drug-likeness (QED) is 0.812. The van der Waals surface area contributed by atoms with Crippen molar-refractivity contribution in [3.63, 3.8) is 0 Å². The molecule has 6 heteroatoms. The lowest BCUT2D eigenvalue weighted by atomic mass is 10.2. The van der Waals surface area contributed by atoms with E-state index in [4.69, 9.17) is 23.2 Å². The summed E-state index contributed by atoms with van der Waals surface area (Å²) in [6, 6.07) is 7.89. The largest absolute Gasteiger partial charge is 0.322 e. The third kappa shape index (κ3) is 3.03. The Balaban J connectivity index is 2.27. The smallest absolute Gasteiger partial charge is 0.258 e. The van der Waals surface area contributed by atoms with Crippen molar-refractivity contribution in [2.45, 2.75) is 0 Å². The van der Waals surface area contributed by atoms with E-state index in [9.17, 15) is 13.6 Å². The molecule has 0 aliphatic carbocycles. The maximum Gasteiger partial charge on any atom is 0.258 e. The van der Waals surface area contributed by atoms with Gasteiger partial charge in [0.15, 0.2) is 5.82 Å². The number of hydrogen-bond donors (Lipinski definition) is 1. The highest BCUT2D eigenvalue weighted by atomic mass is 35.5. The second-order valence-corrected chi connectivity index (χ2v) is 4.50. The minimum atomic E-state index is -0.771. The molecule has 0 aromatic heterocycles. The normalized spacial score (nSPS) is 10.3. The van der Waals surface area contributed by atoms with Gasteiger partial charge in [-0.3, -0.25) is 4.79 Å². The molecule has 1 amide bonds. The van der Waals surface area contributed by atoms with Crippen LogP contribution in [0.5, 0.6) is 0 Å². The molecule has 2 aromatic carbocycles. The number of benzene rings is 2. The van der Waals surface area contributed by atoms with Gasteiger partial charge in [0.1, 0.15) is 5.82 Å². The molecule has 2 nitrogen and oxygen atoms in total. The van der Waals surface area contributed by atoms with Crippen LogP contribution in [-0.4, -0.2) is 5.91 Å². The van der Waals surface area contributed by atoms with Crippen molar-refractivity contribution < 1.29 is 13.6 Å². The predicted molar refractivity (Wildman–Crippen MR) is 70.8 cm³/mol. The first-order valence-corrected chi connectivity index (χ1v) is 5.95. The average molecular weight is 302 g/mol. The summed E-state index contributed by atoms with van der Waals surface area (Å²) in [5.41, 5.74) is 0.0590. The second kappa shape index (κ2) is 5.55. The van der Waals surface area contributed by atoms with E-state index in [1.807, 2.05) is 0 Å². The number of amides is 1.